The van der Waals surface area contributed by atoms with Crippen LogP contribution in [0.5, 0.6) is 0 Å². The number of hydrogen-bond acceptors (Lipinski definition) is 5. The predicted molar refractivity (Wildman–Crippen MR) is 103 cm³/mol. The van der Waals surface area contributed by atoms with E-state index in [0.717, 1.165) is 5.56 Å². The summed E-state index contributed by atoms with van der Waals surface area (Å²) in [5.74, 6) is -1.26. The van der Waals surface area contributed by atoms with Crippen LogP contribution in [-0.4, -0.2) is 46.4 Å². The summed E-state index contributed by atoms with van der Waals surface area (Å²) in [6.45, 7) is 0.348. The van der Waals surface area contributed by atoms with Gasteiger partial charge in [0, 0.05) is 56.2 Å². The molecule has 0 spiro atoms. The van der Waals surface area contributed by atoms with E-state index in [-0.39, 0.29) is 35.9 Å². The van der Waals surface area contributed by atoms with Crippen LogP contribution in [0.15, 0.2) is 60.1 Å². The lowest BCUT2D eigenvalue weighted by Gasteiger charge is -2.21. The van der Waals surface area contributed by atoms with Gasteiger partial charge in [0.15, 0.2) is 5.03 Å². The van der Waals surface area contributed by atoms with E-state index >= 15 is 0 Å². The number of aromatic nitrogens is 3. The summed E-state index contributed by atoms with van der Waals surface area (Å²) in [7, 11) is -2.11. The Bertz CT molecular complexity index is 1120. The number of rotatable bonds is 5. The molecule has 29 heavy (non-hydrogen) atoms. The number of benzene rings is 1. The third-order valence-corrected chi connectivity index (χ3v) is 6.67. The highest BCUT2D eigenvalue weighted by Gasteiger charge is 2.41. The zero-order valence-corrected chi connectivity index (χ0v) is 16.4. The van der Waals surface area contributed by atoms with Crippen molar-refractivity contribution in [2.75, 3.05) is 18.4 Å². The highest BCUT2D eigenvalue weighted by molar-refractivity contribution is 7.89. The Morgan fingerprint density at radius 2 is 1.86 bits per heavy atom. The average Bonchev–Trinajstić information content (AvgIpc) is 3.30. The van der Waals surface area contributed by atoms with Gasteiger partial charge in [0.1, 0.15) is 5.82 Å². The van der Waals surface area contributed by atoms with Crippen LogP contribution in [0.1, 0.15) is 11.5 Å². The van der Waals surface area contributed by atoms with E-state index in [1.807, 2.05) is 0 Å². The van der Waals surface area contributed by atoms with Crippen LogP contribution < -0.4 is 5.32 Å². The fourth-order valence-corrected chi connectivity index (χ4v) is 4.98. The van der Waals surface area contributed by atoms with E-state index in [1.165, 1.54) is 41.2 Å². The van der Waals surface area contributed by atoms with Crippen LogP contribution in [0.3, 0.4) is 0 Å². The molecule has 4 rings (SSSR count). The van der Waals surface area contributed by atoms with Crippen molar-refractivity contribution >= 4 is 15.7 Å². The van der Waals surface area contributed by atoms with E-state index in [9.17, 15) is 17.2 Å². The second-order valence-corrected chi connectivity index (χ2v) is 8.86. The van der Waals surface area contributed by atoms with Gasteiger partial charge in [0.2, 0.25) is 5.95 Å². The van der Waals surface area contributed by atoms with Gasteiger partial charge < -0.3 is 9.88 Å². The maximum absolute atomic E-state index is 13.5. The fourth-order valence-electron chi connectivity index (χ4n) is 3.52. The molecule has 1 aliphatic heterocycles. The molecule has 1 fully saturated rings. The monoisotopic (exact) mass is 419 g/mol. The fraction of sp³-hybridized carbons (Fsp3) is 0.263. The molecule has 3 heterocycles. The first kappa shape index (κ1) is 19.5. The highest BCUT2D eigenvalue weighted by atomic mass is 32.2. The van der Waals surface area contributed by atoms with Crippen LogP contribution in [-0.2, 0) is 17.1 Å². The number of pyridine rings is 1. The third kappa shape index (κ3) is 3.99. The Hall–Kier alpha value is -2.85. The first-order chi connectivity index (χ1) is 13.8. The maximum atomic E-state index is 13.5. The lowest BCUT2D eigenvalue weighted by molar-refractivity contribution is 0.468. The molecule has 1 aromatic carbocycles. The molecule has 0 aliphatic carbocycles. The zero-order chi connectivity index (χ0) is 20.6. The first-order valence-electron chi connectivity index (χ1n) is 8.94. The molecule has 2 aromatic heterocycles. The Kier molecular flexibility index (Phi) is 5.05. The Balaban J connectivity index is 1.66. The van der Waals surface area contributed by atoms with Gasteiger partial charge in [-0.1, -0.05) is 12.1 Å². The Labute approximate surface area is 167 Å². The van der Waals surface area contributed by atoms with Gasteiger partial charge in [-0.3, -0.25) is 0 Å². The Morgan fingerprint density at radius 3 is 2.52 bits per heavy atom. The van der Waals surface area contributed by atoms with Crippen molar-refractivity contribution in [1.82, 2.24) is 18.8 Å². The second kappa shape index (κ2) is 7.53. The van der Waals surface area contributed by atoms with Crippen molar-refractivity contribution in [2.24, 2.45) is 7.05 Å². The summed E-state index contributed by atoms with van der Waals surface area (Å²) in [4.78, 5) is 7.50. The summed E-state index contributed by atoms with van der Waals surface area (Å²) in [6, 6.07) is 8.47. The molecule has 0 saturated carbocycles. The lowest BCUT2D eigenvalue weighted by Crippen LogP contribution is -2.32. The minimum Gasteiger partial charge on any atom is -0.380 e. The SMILES string of the molecule is Cn1cnc(S(=O)(=O)N2C[C@H](Nc3ccnc(F)c3)[C@@H](c3ccc(F)cc3)C2)c1. The van der Waals surface area contributed by atoms with E-state index in [0.29, 0.717) is 5.69 Å². The molecule has 0 amide bonds. The van der Waals surface area contributed by atoms with Gasteiger partial charge in [0.25, 0.3) is 10.0 Å². The molecule has 2 atom stereocenters. The highest BCUT2D eigenvalue weighted by Crippen LogP contribution is 2.33. The summed E-state index contributed by atoms with van der Waals surface area (Å²) in [5.41, 5.74) is 1.28. The standard InChI is InChI=1S/C19H19F2N5O2S/c1-25-11-19(23-12-25)29(27,28)26-9-16(13-2-4-14(20)5-3-13)17(10-26)24-15-6-7-22-18(21)8-15/h2-8,11-12,16-17H,9-10H2,1H3,(H,22,24)/t16-,17+/m1/s1. The van der Waals surface area contributed by atoms with Gasteiger partial charge in [-0.2, -0.15) is 8.70 Å². The molecule has 1 aliphatic rings. The third-order valence-electron chi connectivity index (χ3n) is 4.95. The summed E-state index contributed by atoms with van der Waals surface area (Å²) in [6.07, 6.45) is 4.21. The van der Waals surface area contributed by atoms with Crippen LogP contribution in [0.4, 0.5) is 14.5 Å². The normalized spacial score (nSPS) is 20.1. The number of imidazole rings is 1. The van der Waals surface area contributed by atoms with Gasteiger partial charge in [-0.25, -0.2) is 22.8 Å². The van der Waals surface area contributed by atoms with Crippen molar-refractivity contribution in [3.63, 3.8) is 0 Å². The molecule has 0 bridgehead atoms. The van der Waals surface area contributed by atoms with Crippen molar-refractivity contribution in [1.29, 1.82) is 0 Å². The average molecular weight is 419 g/mol. The molecule has 0 unspecified atom stereocenters. The minimum absolute atomic E-state index is 0.0338. The lowest BCUT2D eigenvalue weighted by atomic mass is 9.94. The van der Waals surface area contributed by atoms with Crippen molar-refractivity contribution in [3.05, 3.63) is 72.4 Å². The first-order valence-corrected chi connectivity index (χ1v) is 10.4. The topological polar surface area (TPSA) is 80.1 Å². The zero-order valence-electron chi connectivity index (χ0n) is 15.5. The molecule has 7 nitrogen and oxygen atoms in total. The van der Waals surface area contributed by atoms with Gasteiger partial charge >= 0.3 is 0 Å². The van der Waals surface area contributed by atoms with Crippen LogP contribution in [0.25, 0.3) is 0 Å². The molecule has 3 aromatic rings. The van der Waals surface area contributed by atoms with E-state index in [1.54, 1.807) is 29.8 Å². The van der Waals surface area contributed by atoms with Gasteiger partial charge in [0.05, 0.1) is 6.33 Å². The number of nitrogens with one attached hydrogen (secondary N) is 1. The molecule has 1 saturated heterocycles. The summed E-state index contributed by atoms with van der Waals surface area (Å²) >= 11 is 0. The van der Waals surface area contributed by atoms with Gasteiger partial charge in [-0.05, 0) is 23.8 Å². The predicted octanol–water partition coefficient (Wildman–Crippen LogP) is 2.36. The van der Waals surface area contributed by atoms with Crippen molar-refractivity contribution in [3.8, 4) is 0 Å². The minimum atomic E-state index is -3.80. The molecular formula is C19H19F2N5O2S. The van der Waals surface area contributed by atoms with Crippen molar-refractivity contribution in [2.45, 2.75) is 17.0 Å². The summed E-state index contributed by atoms with van der Waals surface area (Å²) in [5, 5.41) is 3.16. The molecule has 10 heteroatoms. The van der Waals surface area contributed by atoms with Gasteiger partial charge in [-0.15, -0.1) is 0 Å². The van der Waals surface area contributed by atoms with E-state index < -0.39 is 16.0 Å². The largest absolute Gasteiger partial charge is 0.380 e. The molecule has 152 valence electrons. The summed E-state index contributed by atoms with van der Waals surface area (Å²) < 4.78 is 55.8. The second-order valence-electron chi connectivity index (χ2n) is 6.98. The smallest absolute Gasteiger partial charge is 0.262 e. The van der Waals surface area contributed by atoms with Crippen LogP contribution >= 0.6 is 0 Å². The number of hydrogen-bond donors (Lipinski definition) is 1. The molecule has 0 radical (unpaired) electrons. The maximum Gasteiger partial charge on any atom is 0.262 e. The quantitative estimate of drug-likeness (QED) is 0.643. The Morgan fingerprint density at radius 1 is 1.10 bits per heavy atom. The van der Waals surface area contributed by atoms with E-state index in [2.05, 4.69) is 15.3 Å². The molecule has 1 N–H and O–H groups in total. The van der Waals surface area contributed by atoms with E-state index in [4.69, 9.17) is 0 Å². The molecular weight excluding hydrogens is 400 g/mol. The number of halogens is 2. The van der Waals surface area contributed by atoms with Crippen LogP contribution in [0.2, 0.25) is 0 Å². The number of nitrogens with zero attached hydrogens (tertiary/aromatic N) is 4. The number of aryl methyl sites for hydroxylation is 1. The number of anilines is 1. The number of sulfonamides is 1. The van der Waals surface area contributed by atoms with Crippen molar-refractivity contribution < 1.29 is 17.2 Å². The van der Waals surface area contributed by atoms with Crippen LogP contribution in [0, 0.1) is 11.8 Å².